The van der Waals surface area contributed by atoms with Crippen LogP contribution in [0.15, 0.2) is 192 Å². The largest absolute Gasteiger partial charge is 0.436 e. The Hall–Kier alpha value is -6.91. The van der Waals surface area contributed by atoms with Crippen molar-refractivity contribution >= 4 is 60.7 Å². The number of benzene rings is 8. The Balaban J connectivity index is 1.22. The van der Waals surface area contributed by atoms with Crippen LogP contribution >= 0.6 is 0 Å². The van der Waals surface area contributed by atoms with Crippen molar-refractivity contribution in [2.24, 2.45) is 0 Å². The van der Waals surface area contributed by atoms with Crippen molar-refractivity contribution in [3.63, 3.8) is 0 Å². The number of anilines is 3. The molecule has 0 radical (unpaired) electrons. The number of nitrogens with zero attached hydrogens (tertiary/aromatic N) is 3. The van der Waals surface area contributed by atoms with Crippen LogP contribution in [0.3, 0.4) is 0 Å². The molecule has 4 heteroatoms. The third kappa shape index (κ3) is 4.80. The molecule has 4 nitrogen and oxygen atoms in total. The lowest BCUT2D eigenvalue weighted by Crippen LogP contribution is -2.11. The molecule has 0 aliphatic rings. The number of rotatable bonds is 6. The summed E-state index contributed by atoms with van der Waals surface area (Å²) in [4.78, 5) is 7.50. The number of hydrogen-bond donors (Lipinski definition) is 0. The Morgan fingerprint density at radius 1 is 0.471 bits per heavy atom. The second-order valence-corrected chi connectivity index (χ2v) is 12.8. The van der Waals surface area contributed by atoms with Gasteiger partial charge in [0, 0.05) is 44.3 Å². The Kier molecular flexibility index (Phi) is 6.78. The van der Waals surface area contributed by atoms with E-state index in [2.05, 4.69) is 191 Å². The second kappa shape index (κ2) is 11.9. The first-order valence-corrected chi connectivity index (χ1v) is 17.2. The summed E-state index contributed by atoms with van der Waals surface area (Å²) >= 11 is 0. The summed E-state index contributed by atoms with van der Waals surface area (Å²) in [5.74, 6) is 0.589. The molecule has 0 spiro atoms. The highest BCUT2D eigenvalue weighted by atomic mass is 16.3. The minimum atomic E-state index is 0.589. The average molecular weight is 654 g/mol. The summed E-state index contributed by atoms with van der Waals surface area (Å²) in [5, 5.41) is 4.71. The van der Waals surface area contributed by atoms with Gasteiger partial charge in [-0.05, 0) is 77.7 Å². The highest BCUT2D eigenvalue weighted by Crippen LogP contribution is 2.46. The fourth-order valence-corrected chi connectivity index (χ4v) is 7.54. The zero-order chi connectivity index (χ0) is 33.7. The first-order chi connectivity index (χ1) is 25.3. The van der Waals surface area contributed by atoms with Crippen LogP contribution in [-0.4, -0.2) is 9.55 Å². The van der Waals surface area contributed by atoms with Crippen LogP contribution in [0.25, 0.3) is 71.9 Å². The van der Waals surface area contributed by atoms with E-state index in [1.807, 2.05) is 6.07 Å². The zero-order valence-electron chi connectivity index (χ0n) is 27.6. The van der Waals surface area contributed by atoms with Gasteiger partial charge in [0.25, 0.3) is 0 Å². The van der Waals surface area contributed by atoms with Gasteiger partial charge in [0.1, 0.15) is 5.52 Å². The summed E-state index contributed by atoms with van der Waals surface area (Å²) in [6.07, 6.45) is 0. The molecule has 0 aliphatic carbocycles. The summed E-state index contributed by atoms with van der Waals surface area (Å²) in [5.41, 5.74) is 11.3. The molecule has 10 rings (SSSR count). The molecule has 0 bridgehead atoms. The maximum absolute atomic E-state index is 6.62. The van der Waals surface area contributed by atoms with E-state index in [0.717, 1.165) is 61.3 Å². The summed E-state index contributed by atoms with van der Waals surface area (Å²) in [6, 6.07) is 66.1. The lowest BCUT2D eigenvalue weighted by atomic mass is 9.95. The number of oxazole rings is 1. The van der Waals surface area contributed by atoms with Crippen molar-refractivity contribution < 1.29 is 4.42 Å². The second-order valence-electron chi connectivity index (χ2n) is 12.8. The van der Waals surface area contributed by atoms with E-state index >= 15 is 0 Å². The fraction of sp³-hybridized carbons (Fsp3) is 0. The normalized spacial score (nSPS) is 11.5. The average Bonchev–Trinajstić information content (AvgIpc) is 3.79. The molecule has 0 amide bonds. The van der Waals surface area contributed by atoms with Crippen molar-refractivity contribution in [1.82, 2.24) is 9.55 Å². The number of aromatic nitrogens is 2. The van der Waals surface area contributed by atoms with E-state index < -0.39 is 0 Å². The van der Waals surface area contributed by atoms with Crippen molar-refractivity contribution in [3.05, 3.63) is 188 Å². The molecule has 2 aromatic heterocycles. The Morgan fingerprint density at radius 2 is 1.06 bits per heavy atom. The molecule has 0 atom stereocenters. The van der Waals surface area contributed by atoms with Crippen molar-refractivity contribution in [2.75, 3.05) is 4.90 Å². The summed E-state index contributed by atoms with van der Waals surface area (Å²) in [7, 11) is 0. The van der Waals surface area contributed by atoms with Gasteiger partial charge in [0.05, 0.1) is 16.7 Å². The van der Waals surface area contributed by atoms with E-state index in [1.54, 1.807) is 0 Å². The molecule has 10 aromatic rings. The van der Waals surface area contributed by atoms with Crippen LogP contribution in [0.1, 0.15) is 0 Å². The molecule has 0 unspecified atom stereocenters. The lowest BCUT2D eigenvalue weighted by molar-refractivity contribution is 0.620. The summed E-state index contributed by atoms with van der Waals surface area (Å²) in [6.45, 7) is 0. The van der Waals surface area contributed by atoms with Crippen LogP contribution in [0, 0.1) is 0 Å². The van der Waals surface area contributed by atoms with Crippen LogP contribution in [0.5, 0.6) is 0 Å². The highest BCUT2D eigenvalue weighted by molar-refractivity contribution is 6.09. The third-order valence-corrected chi connectivity index (χ3v) is 9.82. The van der Waals surface area contributed by atoms with Crippen LogP contribution in [-0.2, 0) is 0 Å². The van der Waals surface area contributed by atoms with Crippen LogP contribution < -0.4 is 4.90 Å². The van der Waals surface area contributed by atoms with Gasteiger partial charge in [0.15, 0.2) is 5.58 Å². The first kappa shape index (κ1) is 29.0. The molecular formula is C47H31N3O. The molecule has 0 saturated carbocycles. The van der Waals surface area contributed by atoms with Gasteiger partial charge < -0.3 is 13.9 Å². The van der Waals surface area contributed by atoms with E-state index in [1.165, 1.54) is 21.8 Å². The molecule has 0 saturated heterocycles. The van der Waals surface area contributed by atoms with Crippen molar-refractivity contribution in [2.45, 2.75) is 0 Å². The standard InChI is InChI=1S/C47H31N3O/c1-3-15-34(16-4-1)49(35-17-5-2-6-18-35)43-25-13-22-40(47-48-46-37-19-8-7-14-32(37)28-31-44(46)51-47)45(43)33-26-29-36(30-27-33)50-41-23-11-9-20-38(41)39-21-10-12-24-42(39)50/h1-31H. The number of para-hydroxylation sites is 4. The molecule has 0 N–H and O–H groups in total. The van der Waals surface area contributed by atoms with Crippen LogP contribution in [0.2, 0.25) is 0 Å². The van der Waals surface area contributed by atoms with Gasteiger partial charge in [-0.3, -0.25) is 0 Å². The van der Waals surface area contributed by atoms with Crippen molar-refractivity contribution in [1.29, 1.82) is 0 Å². The molecule has 240 valence electrons. The SMILES string of the molecule is c1ccc(N(c2ccccc2)c2cccc(-c3nc4c(ccc5ccccc54)o3)c2-c2ccc(-n3c4ccccc4c4ccccc43)cc2)cc1. The lowest BCUT2D eigenvalue weighted by Gasteiger charge is -2.28. The molecule has 8 aromatic carbocycles. The number of hydrogen-bond acceptors (Lipinski definition) is 3. The predicted octanol–water partition coefficient (Wildman–Crippen LogP) is 12.9. The Labute approximate surface area is 295 Å². The maximum Gasteiger partial charge on any atom is 0.228 e. The monoisotopic (exact) mass is 653 g/mol. The van der Waals surface area contributed by atoms with Gasteiger partial charge in [-0.1, -0.05) is 121 Å². The van der Waals surface area contributed by atoms with E-state index in [-0.39, 0.29) is 0 Å². The number of fused-ring (bicyclic) bond motifs is 6. The molecule has 0 aliphatic heterocycles. The third-order valence-electron chi connectivity index (χ3n) is 9.82. The van der Waals surface area contributed by atoms with Gasteiger partial charge in [-0.15, -0.1) is 0 Å². The fourth-order valence-electron chi connectivity index (χ4n) is 7.54. The summed E-state index contributed by atoms with van der Waals surface area (Å²) < 4.78 is 8.97. The molecular weight excluding hydrogens is 623 g/mol. The maximum atomic E-state index is 6.62. The van der Waals surface area contributed by atoms with Gasteiger partial charge >= 0.3 is 0 Å². The topological polar surface area (TPSA) is 34.2 Å². The smallest absolute Gasteiger partial charge is 0.228 e. The van der Waals surface area contributed by atoms with Gasteiger partial charge in [-0.25, -0.2) is 4.98 Å². The minimum absolute atomic E-state index is 0.589. The van der Waals surface area contributed by atoms with E-state index in [4.69, 9.17) is 9.40 Å². The Bertz CT molecular complexity index is 2760. The van der Waals surface area contributed by atoms with Crippen LogP contribution in [0.4, 0.5) is 17.1 Å². The highest BCUT2D eigenvalue weighted by Gasteiger charge is 2.23. The predicted molar refractivity (Wildman–Crippen MR) is 211 cm³/mol. The Morgan fingerprint density at radius 3 is 1.73 bits per heavy atom. The molecule has 0 fully saturated rings. The molecule has 51 heavy (non-hydrogen) atoms. The van der Waals surface area contributed by atoms with Gasteiger partial charge in [0.2, 0.25) is 5.89 Å². The van der Waals surface area contributed by atoms with E-state index in [0.29, 0.717) is 5.89 Å². The first-order valence-electron chi connectivity index (χ1n) is 17.2. The van der Waals surface area contributed by atoms with Gasteiger partial charge in [-0.2, -0.15) is 0 Å². The minimum Gasteiger partial charge on any atom is -0.436 e. The van der Waals surface area contributed by atoms with Crippen molar-refractivity contribution in [3.8, 4) is 28.3 Å². The van der Waals surface area contributed by atoms with E-state index in [9.17, 15) is 0 Å². The zero-order valence-corrected chi connectivity index (χ0v) is 27.6. The molecule has 2 heterocycles. The quantitative estimate of drug-likeness (QED) is 0.179.